The highest BCUT2D eigenvalue weighted by molar-refractivity contribution is 15.0. The van der Waals surface area contributed by atoms with Crippen molar-refractivity contribution in [3.05, 3.63) is 0 Å². The second-order valence-electron chi connectivity index (χ2n) is 1.05. The molecule has 0 rings (SSSR count). The van der Waals surface area contributed by atoms with E-state index in [1.165, 1.54) is 0 Å². The van der Waals surface area contributed by atoms with Crippen molar-refractivity contribution in [2.45, 2.75) is 13.8 Å². The summed E-state index contributed by atoms with van der Waals surface area (Å²) in [7, 11) is 0. The molecule has 0 saturated heterocycles. The highest BCUT2D eigenvalue weighted by atomic mass is 128. The lowest BCUT2D eigenvalue weighted by Crippen LogP contribution is -1.74. The molecular formula is C3H7I2NO. The highest BCUT2D eigenvalue weighted by Crippen LogP contribution is 1.89. The van der Waals surface area contributed by atoms with Crippen molar-refractivity contribution < 1.29 is 5.21 Å². The standard InChI is InChI=1S/C3H7NO.I2/c1-3(2)4-5;1-2/h5H,1-2H3;. The smallest absolute Gasteiger partial charge is 0.0509 e. The number of nitrogens with zero attached hydrogens (tertiary/aromatic N) is 1. The summed E-state index contributed by atoms with van der Waals surface area (Å²) >= 11 is 4.24. The van der Waals surface area contributed by atoms with E-state index < -0.39 is 0 Å². The van der Waals surface area contributed by atoms with Gasteiger partial charge in [-0.15, -0.1) is 0 Å². The molecule has 0 amide bonds. The Hall–Kier alpha value is 0.930. The van der Waals surface area contributed by atoms with Gasteiger partial charge in [0.15, 0.2) is 0 Å². The molecule has 0 saturated carbocycles. The van der Waals surface area contributed by atoms with Gasteiger partial charge in [0.2, 0.25) is 0 Å². The molecule has 0 aromatic heterocycles. The van der Waals surface area contributed by atoms with Crippen LogP contribution in [0.25, 0.3) is 0 Å². The van der Waals surface area contributed by atoms with Gasteiger partial charge in [-0.3, -0.25) is 0 Å². The van der Waals surface area contributed by atoms with Crippen LogP contribution in [-0.4, -0.2) is 10.9 Å². The first-order valence-electron chi connectivity index (χ1n) is 1.57. The maximum absolute atomic E-state index is 7.73. The lowest BCUT2D eigenvalue weighted by Gasteiger charge is -1.72. The number of hydrogen-bond donors (Lipinski definition) is 1. The second-order valence-corrected chi connectivity index (χ2v) is 1.05. The molecule has 1 N–H and O–H groups in total. The summed E-state index contributed by atoms with van der Waals surface area (Å²) in [6.45, 7) is 3.44. The Kier molecular flexibility index (Phi) is 15.5. The minimum atomic E-state index is 0.685. The summed E-state index contributed by atoms with van der Waals surface area (Å²) in [6, 6.07) is 0. The molecule has 0 aliphatic heterocycles. The lowest BCUT2D eigenvalue weighted by molar-refractivity contribution is 0.318. The van der Waals surface area contributed by atoms with E-state index in [1.54, 1.807) is 13.8 Å². The van der Waals surface area contributed by atoms with Gasteiger partial charge in [0.05, 0.1) is 5.71 Å². The first-order valence-corrected chi connectivity index (χ1v) is 7.85. The van der Waals surface area contributed by atoms with Gasteiger partial charge in [-0.05, 0) is 13.8 Å². The zero-order valence-corrected chi connectivity index (χ0v) is 8.47. The van der Waals surface area contributed by atoms with Crippen LogP contribution in [-0.2, 0) is 0 Å². The van der Waals surface area contributed by atoms with Crippen molar-refractivity contribution in [2.75, 3.05) is 0 Å². The van der Waals surface area contributed by atoms with Gasteiger partial charge in [-0.25, -0.2) is 0 Å². The maximum Gasteiger partial charge on any atom is 0.0509 e. The van der Waals surface area contributed by atoms with E-state index in [9.17, 15) is 0 Å². The van der Waals surface area contributed by atoms with E-state index in [0.717, 1.165) is 0 Å². The molecule has 7 heavy (non-hydrogen) atoms. The predicted octanol–water partition coefficient (Wildman–Crippen LogP) is 2.63. The van der Waals surface area contributed by atoms with Crippen molar-refractivity contribution in [1.82, 2.24) is 0 Å². The van der Waals surface area contributed by atoms with Crippen LogP contribution in [0.3, 0.4) is 0 Å². The molecule has 0 atom stereocenters. The van der Waals surface area contributed by atoms with Crippen LogP contribution in [0, 0.1) is 0 Å². The van der Waals surface area contributed by atoms with E-state index in [2.05, 4.69) is 42.4 Å². The zero-order valence-electron chi connectivity index (χ0n) is 4.15. The van der Waals surface area contributed by atoms with Crippen LogP contribution in [0.1, 0.15) is 13.8 Å². The normalized spacial score (nSPS) is 5.71. The van der Waals surface area contributed by atoms with Gasteiger partial charge in [0.25, 0.3) is 0 Å². The van der Waals surface area contributed by atoms with Crippen LogP contribution in [0.5, 0.6) is 0 Å². The summed E-state index contributed by atoms with van der Waals surface area (Å²) in [5.74, 6) is 0. The quantitative estimate of drug-likeness (QED) is 0.316. The topological polar surface area (TPSA) is 32.6 Å². The molecule has 0 radical (unpaired) electrons. The third-order valence-electron chi connectivity index (χ3n) is 0.200. The second kappa shape index (κ2) is 10.0. The molecule has 4 heteroatoms. The summed E-state index contributed by atoms with van der Waals surface area (Å²) in [4.78, 5) is 0. The van der Waals surface area contributed by atoms with Gasteiger partial charge in [0.1, 0.15) is 0 Å². The molecule has 0 spiro atoms. The lowest BCUT2D eigenvalue weighted by atomic mass is 10.5. The van der Waals surface area contributed by atoms with Gasteiger partial charge in [0, 0.05) is 37.2 Å². The third-order valence-corrected chi connectivity index (χ3v) is 0.200. The van der Waals surface area contributed by atoms with Crippen LogP contribution in [0.4, 0.5) is 0 Å². The Balaban J connectivity index is 0. The largest absolute Gasteiger partial charge is 0.411 e. The van der Waals surface area contributed by atoms with Crippen molar-refractivity contribution in [3.63, 3.8) is 0 Å². The molecule has 0 bridgehead atoms. The van der Waals surface area contributed by atoms with E-state index in [-0.39, 0.29) is 0 Å². The van der Waals surface area contributed by atoms with E-state index in [0.29, 0.717) is 5.71 Å². The SMILES string of the molecule is CC(C)=NO.II. The van der Waals surface area contributed by atoms with Crippen LogP contribution in [0.15, 0.2) is 5.16 Å². The molecule has 0 aromatic carbocycles. The van der Waals surface area contributed by atoms with Crippen LogP contribution in [0.2, 0.25) is 0 Å². The van der Waals surface area contributed by atoms with E-state index >= 15 is 0 Å². The van der Waals surface area contributed by atoms with Crippen LogP contribution < -0.4 is 0 Å². The molecule has 0 unspecified atom stereocenters. The van der Waals surface area contributed by atoms with Crippen molar-refractivity contribution in [1.29, 1.82) is 0 Å². The Morgan fingerprint density at radius 1 is 1.43 bits per heavy atom. The van der Waals surface area contributed by atoms with Crippen molar-refractivity contribution in [2.24, 2.45) is 5.16 Å². The Bertz CT molecular complexity index is 50.9. The molecular weight excluding hydrogens is 320 g/mol. The number of hydrogen-bond acceptors (Lipinski definition) is 2. The van der Waals surface area contributed by atoms with E-state index in [4.69, 9.17) is 5.21 Å². The fourth-order valence-electron chi connectivity index (χ4n) is 0. The van der Waals surface area contributed by atoms with Crippen LogP contribution >= 0.6 is 37.2 Å². The molecule has 0 fully saturated rings. The van der Waals surface area contributed by atoms with Gasteiger partial charge in [-0.1, -0.05) is 5.16 Å². The van der Waals surface area contributed by atoms with Gasteiger partial charge in [-0.2, -0.15) is 0 Å². The number of rotatable bonds is 0. The molecule has 0 aliphatic carbocycles. The minimum Gasteiger partial charge on any atom is -0.411 e. The fraction of sp³-hybridized carbons (Fsp3) is 0.667. The maximum atomic E-state index is 7.73. The predicted molar refractivity (Wildman–Crippen MR) is 48.6 cm³/mol. The first-order chi connectivity index (χ1) is 3.27. The molecule has 44 valence electrons. The third kappa shape index (κ3) is 19.6. The van der Waals surface area contributed by atoms with Gasteiger partial charge < -0.3 is 5.21 Å². The minimum absolute atomic E-state index is 0.685. The average molecular weight is 327 g/mol. The van der Waals surface area contributed by atoms with Gasteiger partial charge >= 0.3 is 0 Å². The Morgan fingerprint density at radius 3 is 1.57 bits per heavy atom. The summed E-state index contributed by atoms with van der Waals surface area (Å²) in [5.41, 5.74) is 0.685. The summed E-state index contributed by atoms with van der Waals surface area (Å²) in [6.07, 6.45) is 0. The molecule has 0 aromatic rings. The monoisotopic (exact) mass is 327 g/mol. The Morgan fingerprint density at radius 2 is 1.57 bits per heavy atom. The van der Waals surface area contributed by atoms with Crippen molar-refractivity contribution in [3.8, 4) is 0 Å². The summed E-state index contributed by atoms with van der Waals surface area (Å²) < 4.78 is 0. The summed E-state index contributed by atoms with van der Waals surface area (Å²) in [5, 5.41) is 10.5. The molecule has 0 aliphatic rings. The van der Waals surface area contributed by atoms with Crippen molar-refractivity contribution >= 4 is 42.9 Å². The average Bonchev–Trinajstić information content (AvgIpc) is 1.73. The number of oxime groups is 1. The highest BCUT2D eigenvalue weighted by Gasteiger charge is 1.65. The first kappa shape index (κ1) is 10.8. The zero-order chi connectivity index (χ0) is 6.28. The van der Waals surface area contributed by atoms with E-state index in [1.807, 2.05) is 0 Å². The number of halogens is 2. The molecule has 0 heterocycles. The molecule has 2 nitrogen and oxygen atoms in total. The fourth-order valence-corrected chi connectivity index (χ4v) is 0. The Labute approximate surface area is 66.7 Å².